The monoisotopic (exact) mass is 1080 g/mol. The number of hydrogen-bond acceptors (Lipinski definition) is 17. The Morgan fingerprint density at radius 1 is 0.743 bits per heavy atom. The summed E-state index contributed by atoms with van der Waals surface area (Å²) in [4.78, 5) is 61.9. The average Bonchev–Trinajstić information content (AvgIpc) is 3.63. The first-order valence-corrected chi connectivity index (χ1v) is 28.5. The van der Waals surface area contributed by atoms with Gasteiger partial charge in [-0.25, -0.2) is 13.9 Å². The molecule has 0 amide bonds. The van der Waals surface area contributed by atoms with Crippen molar-refractivity contribution in [3.05, 3.63) is 120 Å². The van der Waals surface area contributed by atoms with Crippen molar-refractivity contribution in [1.29, 1.82) is 0 Å². The van der Waals surface area contributed by atoms with E-state index in [9.17, 15) is 53.7 Å². The lowest BCUT2D eigenvalue weighted by Gasteiger charge is -2.21. The molecule has 22 heteroatoms. The number of phosphoric acid groups is 2. The fourth-order valence-corrected chi connectivity index (χ4v) is 8.96. The molecule has 0 aliphatic carbocycles. The first-order valence-electron chi connectivity index (χ1n) is 25.5. The zero-order valence-electron chi connectivity index (χ0n) is 42.8. The van der Waals surface area contributed by atoms with Gasteiger partial charge in [-0.15, -0.1) is 0 Å². The number of carbonyl (C=O) groups is 2. The molecular weight excluding hydrogens is 1000 g/mol. The van der Waals surface area contributed by atoms with Gasteiger partial charge >= 0.3 is 33.3 Å². The van der Waals surface area contributed by atoms with Gasteiger partial charge in [0.1, 0.15) is 30.7 Å². The zero-order chi connectivity index (χ0) is 54.5. The fraction of sp³-hybridized carbons (Fsp3) is 0.577. The number of unbranched alkanes of at least 4 members (excludes halogenated alkanes) is 9. The van der Waals surface area contributed by atoms with Crippen molar-refractivity contribution in [2.45, 2.75) is 172 Å². The van der Waals surface area contributed by atoms with Crippen molar-refractivity contribution in [1.82, 2.24) is 9.55 Å². The van der Waals surface area contributed by atoms with E-state index in [1.165, 1.54) is 25.3 Å². The molecule has 9 atom stereocenters. The van der Waals surface area contributed by atoms with Crippen molar-refractivity contribution in [3.63, 3.8) is 0 Å². The Kier molecular flexibility index (Phi) is 34.7. The maximum absolute atomic E-state index is 12.9. The van der Waals surface area contributed by atoms with Gasteiger partial charge < -0.3 is 50.2 Å². The molecule has 1 aliphatic rings. The van der Waals surface area contributed by atoms with Crippen molar-refractivity contribution in [3.8, 4) is 0 Å². The molecule has 1 aromatic rings. The molecule has 0 saturated carbocycles. The number of hydrogen-bond donors (Lipinski definition) is 7. The highest BCUT2D eigenvalue weighted by atomic mass is 31.3. The third-order valence-electron chi connectivity index (χ3n) is 10.8. The number of ether oxygens (including phenoxy) is 3. The summed E-state index contributed by atoms with van der Waals surface area (Å²) in [5.74, 6) is -1.52. The highest BCUT2D eigenvalue weighted by Gasteiger charge is 2.46. The number of phosphoric ester groups is 2. The minimum Gasteiger partial charge on any atom is -0.462 e. The van der Waals surface area contributed by atoms with E-state index in [1.54, 1.807) is 42.5 Å². The molecule has 0 radical (unpaired) electrons. The van der Waals surface area contributed by atoms with Crippen molar-refractivity contribution < 1.29 is 76.5 Å². The van der Waals surface area contributed by atoms with E-state index in [1.807, 2.05) is 37.3 Å². The smallest absolute Gasteiger partial charge is 0.462 e. The second kappa shape index (κ2) is 39.0. The Morgan fingerprint density at radius 2 is 1.38 bits per heavy atom. The molecule has 0 aromatic carbocycles. The van der Waals surface area contributed by atoms with Gasteiger partial charge in [0.15, 0.2) is 12.3 Å². The van der Waals surface area contributed by atoms with Crippen LogP contribution in [0.2, 0.25) is 0 Å². The number of anilines is 1. The summed E-state index contributed by atoms with van der Waals surface area (Å²) in [6.07, 6.45) is 35.5. The first kappa shape index (κ1) is 65.7. The van der Waals surface area contributed by atoms with Crippen LogP contribution in [0.4, 0.5) is 5.82 Å². The normalized spacial score (nSPS) is 20.5. The van der Waals surface area contributed by atoms with Crippen LogP contribution in [-0.2, 0) is 46.3 Å². The number of aromatic nitrogens is 2. The van der Waals surface area contributed by atoms with Crippen LogP contribution in [0.1, 0.15) is 136 Å². The molecule has 74 heavy (non-hydrogen) atoms. The Labute approximate surface area is 435 Å². The molecule has 2 unspecified atom stereocenters. The largest absolute Gasteiger partial charge is 0.481 e. The Bertz CT molecular complexity index is 2160. The lowest BCUT2D eigenvalue weighted by molar-refractivity contribution is -0.161. The minimum absolute atomic E-state index is 0.0620. The van der Waals surface area contributed by atoms with Gasteiger partial charge in [-0.05, 0) is 76.7 Å². The van der Waals surface area contributed by atoms with Gasteiger partial charge in [0.2, 0.25) is 0 Å². The molecule has 1 saturated heterocycles. The standard InChI is InChI=1S/C52H81N3O17P2/c1-3-5-7-8-9-10-11-12-13-14-15-16-20-23-29-35-47(58)67-39-44(70-48(59)36-30-24-28-34-43(57)33-27-22-19-17-18-21-26-32-42(56)31-25-6-4-2)40-68-73(63,64)72-74(65,66)69-41-45-49(60)50(61)51(71-45)55-38-37-46(53)54-52(55)62/h6,9-10,12-13,18-19,21-22,25-28,32-34,37-38,42-45,49-51,56-57,60-61H,3-5,7-8,11,14-17,20,23-24,29-31,35-36,39-41H2,1-2H3,(H,63,64)(H,65,66)(H2,53,54,62)/b10-9-,13-12-,21-18-,22-19-,25-6-,32-26+,33-27+,34-28-/t42-,43-,44+,45+,49+,50+,51+/m0/s1. The number of rotatable bonds is 40. The predicted molar refractivity (Wildman–Crippen MR) is 282 cm³/mol. The summed E-state index contributed by atoms with van der Waals surface area (Å²) in [5.41, 5.74) is 4.56. The van der Waals surface area contributed by atoms with Gasteiger partial charge in [-0.2, -0.15) is 9.29 Å². The van der Waals surface area contributed by atoms with Crippen LogP contribution in [0.25, 0.3) is 0 Å². The van der Waals surface area contributed by atoms with E-state index in [2.05, 4.69) is 40.5 Å². The molecule has 2 heterocycles. The number of allylic oxidation sites excluding steroid dienone is 12. The summed E-state index contributed by atoms with van der Waals surface area (Å²) in [6, 6.07) is 1.23. The summed E-state index contributed by atoms with van der Waals surface area (Å²) < 4.78 is 56.6. The molecule has 20 nitrogen and oxygen atoms in total. The van der Waals surface area contributed by atoms with E-state index in [0.29, 0.717) is 25.7 Å². The van der Waals surface area contributed by atoms with Crippen LogP contribution < -0.4 is 11.4 Å². The maximum Gasteiger partial charge on any atom is 0.481 e. The summed E-state index contributed by atoms with van der Waals surface area (Å²) in [6.45, 7) is 1.72. The highest BCUT2D eigenvalue weighted by molar-refractivity contribution is 7.61. The van der Waals surface area contributed by atoms with Crippen LogP contribution >= 0.6 is 15.6 Å². The third-order valence-corrected chi connectivity index (χ3v) is 13.4. The number of nitrogens with zero attached hydrogens (tertiary/aromatic N) is 2. The Hall–Kier alpha value is -4.40. The second-order valence-electron chi connectivity index (χ2n) is 17.3. The number of nitrogens with two attached hydrogens (primary N) is 1. The highest BCUT2D eigenvalue weighted by Crippen LogP contribution is 2.60. The molecule has 1 fully saturated rings. The quantitative estimate of drug-likeness (QED) is 0.0107. The Morgan fingerprint density at radius 3 is 2.08 bits per heavy atom. The molecule has 0 spiro atoms. The third kappa shape index (κ3) is 31.5. The first-order chi connectivity index (χ1) is 35.5. The van der Waals surface area contributed by atoms with E-state index in [-0.39, 0.29) is 25.1 Å². The molecular formula is C52H81N3O17P2. The summed E-state index contributed by atoms with van der Waals surface area (Å²) in [7, 11) is -11.0. The molecule has 1 aliphatic heterocycles. The summed E-state index contributed by atoms with van der Waals surface area (Å²) in [5, 5.41) is 41.0. The minimum atomic E-state index is -5.48. The SMILES string of the molecule is CC/C=C\C[C@H](O)/C=C/C=C\C/C=C\C=C\[C@H](O)/C=C\CCCC(=O)O[C@H](COC(=O)CCCCCCC/C=C\C/C=C\CCCCC)COP(=O)(O)OP(=O)(O)OC[C@H]1O[C@@H](n2ccc(N)nc2=O)[C@H](O)[C@@H]1O. The van der Waals surface area contributed by atoms with E-state index < -0.39 is 95.9 Å². The lowest BCUT2D eigenvalue weighted by atomic mass is 10.1. The van der Waals surface area contributed by atoms with Crippen LogP contribution in [0.3, 0.4) is 0 Å². The van der Waals surface area contributed by atoms with Gasteiger partial charge in [0.05, 0.1) is 25.4 Å². The van der Waals surface area contributed by atoms with Crippen LogP contribution in [0, 0.1) is 0 Å². The van der Waals surface area contributed by atoms with Crippen LogP contribution in [0.5, 0.6) is 0 Å². The maximum atomic E-state index is 12.9. The van der Waals surface area contributed by atoms with E-state index in [0.717, 1.165) is 62.1 Å². The number of carbonyl (C=O) groups excluding carboxylic acids is 2. The molecule has 1 aromatic heterocycles. The van der Waals surface area contributed by atoms with E-state index in [4.69, 9.17) is 29.0 Å². The predicted octanol–water partition coefficient (Wildman–Crippen LogP) is 8.38. The van der Waals surface area contributed by atoms with Gasteiger partial charge in [-0.3, -0.25) is 23.2 Å². The topological polar surface area (TPSA) is 306 Å². The number of aliphatic hydroxyl groups excluding tert-OH is 4. The second-order valence-corrected chi connectivity index (χ2v) is 20.4. The molecule has 416 valence electrons. The lowest BCUT2D eigenvalue weighted by Crippen LogP contribution is -2.36. The summed E-state index contributed by atoms with van der Waals surface area (Å²) >= 11 is 0. The van der Waals surface area contributed by atoms with Crippen molar-refractivity contribution in [2.75, 3.05) is 25.6 Å². The number of nitrogen functional groups attached to an aromatic ring is 1. The average molecular weight is 1080 g/mol. The van der Waals surface area contributed by atoms with Gasteiger partial charge in [-0.1, -0.05) is 143 Å². The molecule has 0 bridgehead atoms. The van der Waals surface area contributed by atoms with Gasteiger partial charge in [0.25, 0.3) is 0 Å². The number of aliphatic hydroxyl groups is 4. The molecule has 8 N–H and O–H groups in total. The fourth-order valence-electron chi connectivity index (χ4n) is 6.85. The Balaban J connectivity index is 1.88. The number of esters is 2. The van der Waals surface area contributed by atoms with E-state index >= 15 is 0 Å². The van der Waals surface area contributed by atoms with Crippen LogP contribution in [-0.4, -0.2) is 108 Å². The van der Waals surface area contributed by atoms with Gasteiger partial charge in [0, 0.05) is 19.0 Å². The molecule has 2 rings (SSSR count). The van der Waals surface area contributed by atoms with Crippen molar-refractivity contribution in [2.24, 2.45) is 0 Å². The zero-order valence-corrected chi connectivity index (χ0v) is 44.6. The van der Waals surface area contributed by atoms with Crippen molar-refractivity contribution >= 4 is 33.4 Å². The van der Waals surface area contributed by atoms with Crippen LogP contribution in [0.15, 0.2) is 114 Å².